The van der Waals surface area contributed by atoms with E-state index < -0.39 is 0 Å². The Morgan fingerprint density at radius 2 is 2.06 bits per heavy atom. The van der Waals surface area contributed by atoms with Gasteiger partial charge >= 0.3 is 0 Å². The van der Waals surface area contributed by atoms with Gasteiger partial charge in [-0.25, -0.2) is 0 Å². The number of hydrogen-bond donors (Lipinski definition) is 1. The lowest BCUT2D eigenvalue weighted by Gasteiger charge is -2.60. The van der Waals surface area contributed by atoms with Crippen LogP contribution in [0.15, 0.2) is 0 Å². The molecule has 0 aromatic rings. The van der Waals surface area contributed by atoms with Crippen molar-refractivity contribution in [3.63, 3.8) is 0 Å². The molecule has 4 nitrogen and oxygen atoms in total. The van der Waals surface area contributed by atoms with Gasteiger partial charge in [0.25, 0.3) is 0 Å². The molecule has 4 heteroatoms. The Bertz CT molecular complexity index is 300. The van der Waals surface area contributed by atoms with Gasteiger partial charge in [0.15, 0.2) is 0 Å². The van der Waals surface area contributed by atoms with E-state index in [-0.39, 0.29) is 5.91 Å². The number of likely N-dealkylation sites (N-methyl/N-ethyl adjacent to an activating group) is 1. The predicted octanol–water partition coefficient (Wildman–Crippen LogP) is 1.53. The molecule has 0 aromatic carbocycles. The van der Waals surface area contributed by atoms with Crippen LogP contribution in [0.3, 0.4) is 0 Å². The van der Waals surface area contributed by atoms with E-state index in [0.717, 1.165) is 13.0 Å². The van der Waals surface area contributed by atoms with Gasteiger partial charge in [0.05, 0.1) is 12.6 Å². The van der Waals surface area contributed by atoms with Crippen molar-refractivity contribution in [1.82, 2.24) is 4.90 Å². The molecular formula is C14H26N2O2. The van der Waals surface area contributed by atoms with Crippen molar-refractivity contribution in [3.05, 3.63) is 0 Å². The minimum Gasteiger partial charge on any atom is -0.378 e. The van der Waals surface area contributed by atoms with Gasteiger partial charge in [0, 0.05) is 18.1 Å². The quantitative estimate of drug-likeness (QED) is 0.809. The summed E-state index contributed by atoms with van der Waals surface area (Å²) in [5.41, 5.74) is 5.60. The number of rotatable bonds is 5. The summed E-state index contributed by atoms with van der Waals surface area (Å²) in [6.07, 6.45) is 7.86. The Hall–Kier alpha value is -0.610. The Balaban J connectivity index is 2.04. The largest absolute Gasteiger partial charge is 0.378 e. The fourth-order valence-electron chi connectivity index (χ4n) is 4.00. The number of hydrogen-bond acceptors (Lipinski definition) is 3. The molecule has 1 amide bonds. The molecular weight excluding hydrogens is 228 g/mol. The fourth-order valence-corrected chi connectivity index (χ4v) is 4.00. The van der Waals surface area contributed by atoms with Crippen LogP contribution < -0.4 is 5.73 Å². The van der Waals surface area contributed by atoms with Crippen molar-refractivity contribution >= 4 is 5.91 Å². The summed E-state index contributed by atoms with van der Waals surface area (Å²) in [6.45, 7) is 3.22. The van der Waals surface area contributed by atoms with Crippen molar-refractivity contribution in [1.29, 1.82) is 0 Å². The van der Waals surface area contributed by atoms with Gasteiger partial charge in [-0.3, -0.25) is 9.69 Å². The summed E-state index contributed by atoms with van der Waals surface area (Å²) in [5.74, 6) is -0.233. The number of ether oxygens (including phenoxy) is 1. The zero-order valence-electron chi connectivity index (χ0n) is 11.7. The molecule has 0 unspecified atom stereocenters. The van der Waals surface area contributed by atoms with E-state index in [9.17, 15) is 4.79 Å². The molecule has 0 aliphatic heterocycles. The van der Waals surface area contributed by atoms with Crippen LogP contribution in [0.1, 0.15) is 45.4 Å². The Morgan fingerprint density at radius 1 is 1.39 bits per heavy atom. The van der Waals surface area contributed by atoms with Gasteiger partial charge in [-0.05, 0) is 33.2 Å². The number of carbonyl (C=O) groups is 1. The standard InChI is InChI=1S/C14H26N2O2/c1-3-18-12-9-11(16(2)10-13(15)17)14(12)7-5-4-6-8-14/h11-12H,3-10H2,1-2H3,(H2,15,17)/t11-,12-/m0/s1. The Kier molecular flexibility index (Phi) is 4.28. The summed E-state index contributed by atoms with van der Waals surface area (Å²) in [4.78, 5) is 13.2. The third-order valence-corrected chi connectivity index (χ3v) is 4.83. The van der Waals surface area contributed by atoms with Crippen molar-refractivity contribution < 1.29 is 9.53 Å². The maximum Gasteiger partial charge on any atom is 0.231 e. The number of nitrogens with zero attached hydrogens (tertiary/aromatic N) is 1. The molecule has 2 saturated carbocycles. The average Bonchev–Trinajstić information content (AvgIpc) is 2.34. The first-order chi connectivity index (χ1) is 8.60. The molecule has 2 atom stereocenters. The van der Waals surface area contributed by atoms with E-state index in [0.29, 0.717) is 24.1 Å². The van der Waals surface area contributed by atoms with Crippen LogP contribution in [0.2, 0.25) is 0 Å². The summed E-state index contributed by atoms with van der Waals surface area (Å²) >= 11 is 0. The minimum absolute atomic E-state index is 0.233. The SMILES string of the molecule is CCO[C@H]1C[C@H](N(C)CC(N)=O)C12CCCCC2. The second-order valence-corrected chi connectivity index (χ2v) is 5.87. The van der Waals surface area contributed by atoms with Crippen LogP contribution in [0, 0.1) is 5.41 Å². The lowest BCUT2D eigenvalue weighted by molar-refractivity contribution is -0.179. The number of amides is 1. The molecule has 2 aliphatic carbocycles. The van der Waals surface area contributed by atoms with E-state index >= 15 is 0 Å². The van der Waals surface area contributed by atoms with Gasteiger partial charge < -0.3 is 10.5 Å². The third-order valence-electron chi connectivity index (χ3n) is 4.83. The molecule has 18 heavy (non-hydrogen) atoms. The van der Waals surface area contributed by atoms with Gasteiger partial charge in [-0.15, -0.1) is 0 Å². The maximum atomic E-state index is 11.1. The van der Waals surface area contributed by atoms with Crippen molar-refractivity contribution in [3.8, 4) is 0 Å². The minimum atomic E-state index is -0.233. The first-order valence-corrected chi connectivity index (χ1v) is 7.20. The van der Waals surface area contributed by atoms with Crippen LogP contribution in [0.5, 0.6) is 0 Å². The molecule has 0 radical (unpaired) electrons. The van der Waals surface area contributed by atoms with Crippen LogP contribution >= 0.6 is 0 Å². The Labute approximate surface area is 110 Å². The van der Waals surface area contributed by atoms with E-state index in [4.69, 9.17) is 10.5 Å². The van der Waals surface area contributed by atoms with Crippen LogP contribution in [0.25, 0.3) is 0 Å². The summed E-state index contributed by atoms with van der Waals surface area (Å²) in [5, 5.41) is 0. The number of nitrogens with two attached hydrogens (primary N) is 1. The highest BCUT2D eigenvalue weighted by Gasteiger charge is 2.56. The van der Waals surface area contributed by atoms with Crippen LogP contribution in [0.4, 0.5) is 0 Å². The molecule has 104 valence electrons. The molecule has 0 saturated heterocycles. The van der Waals surface area contributed by atoms with E-state index in [1.54, 1.807) is 0 Å². The third kappa shape index (κ3) is 2.41. The van der Waals surface area contributed by atoms with Crippen molar-refractivity contribution in [2.75, 3.05) is 20.2 Å². The first kappa shape index (κ1) is 13.8. The Morgan fingerprint density at radius 3 is 2.61 bits per heavy atom. The smallest absolute Gasteiger partial charge is 0.231 e. The van der Waals surface area contributed by atoms with Gasteiger partial charge in [-0.1, -0.05) is 19.3 Å². The lowest BCUT2D eigenvalue weighted by Crippen LogP contribution is -2.65. The fraction of sp³-hybridized carbons (Fsp3) is 0.929. The van der Waals surface area contributed by atoms with Crippen LogP contribution in [-0.4, -0.2) is 43.2 Å². The van der Waals surface area contributed by atoms with Gasteiger partial charge in [0.2, 0.25) is 5.91 Å². The van der Waals surface area contributed by atoms with Crippen molar-refractivity contribution in [2.24, 2.45) is 11.1 Å². The van der Waals surface area contributed by atoms with Gasteiger partial charge in [0.1, 0.15) is 0 Å². The zero-order chi connectivity index (χ0) is 13.2. The summed E-state index contributed by atoms with van der Waals surface area (Å²) in [7, 11) is 2.02. The zero-order valence-corrected chi connectivity index (χ0v) is 11.7. The van der Waals surface area contributed by atoms with Gasteiger partial charge in [-0.2, -0.15) is 0 Å². The van der Waals surface area contributed by atoms with Crippen molar-refractivity contribution in [2.45, 2.75) is 57.6 Å². The predicted molar refractivity (Wildman–Crippen MR) is 71.2 cm³/mol. The molecule has 2 fully saturated rings. The molecule has 2 N–H and O–H groups in total. The number of primary amides is 1. The normalized spacial score (nSPS) is 30.4. The highest BCUT2D eigenvalue weighted by atomic mass is 16.5. The van der Waals surface area contributed by atoms with Crippen LogP contribution in [-0.2, 0) is 9.53 Å². The molecule has 2 rings (SSSR count). The van der Waals surface area contributed by atoms with E-state index in [1.807, 2.05) is 7.05 Å². The molecule has 1 spiro atoms. The summed E-state index contributed by atoms with van der Waals surface area (Å²) in [6, 6.07) is 0.474. The second kappa shape index (κ2) is 5.57. The molecule has 0 bridgehead atoms. The van der Waals surface area contributed by atoms with E-state index in [1.165, 1.54) is 32.1 Å². The lowest BCUT2D eigenvalue weighted by atomic mass is 9.54. The highest BCUT2D eigenvalue weighted by Crippen LogP contribution is 2.54. The topological polar surface area (TPSA) is 55.6 Å². The van der Waals surface area contributed by atoms with E-state index in [2.05, 4.69) is 11.8 Å². The maximum absolute atomic E-state index is 11.1. The number of carbonyl (C=O) groups excluding carboxylic acids is 1. The molecule has 2 aliphatic rings. The highest BCUT2D eigenvalue weighted by molar-refractivity contribution is 5.75. The first-order valence-electron chi connectivity index (χ1n) is 7.20. The monoisotopic (exact) mass is 254 g/mol. The summed E-state index contributed by atoms with van der Waals surface area (Å²) < 4.78 is 5.91. The second-order valence-electron chi connectivity index (χ2n) is 5.87. The average molecular weight is 254 g/mol. The molecule has 0 heterocycles. The molecule has 0 aromatic heterocycles.